The standard InChI is InChI=1S/C22H33N5O3/c1-16-7-12-25(13-8-16)19(28)5-6-20(29)27-14-9-18-17(15-27)21(23-24(18)2)22(30)26-10-3-4-11-26/h16H,3-15H2,1-2H3. The van der Waals surface area contributed by atoms with E-state index in [-0.39, 0.29) is 30.6 Å². The predicted octanol–water partition coefficient (Wildman–Crippen LogP) is 1.58. The van der Waals surface area contributed by atoms with Crippen LogP contribution in [0.5, 0.6) is 0 Å². The Labute approximate surface area is 178 Å². The number of amides is 3. The first-order valence-corrected chi connectivity index (χ1v) is 11.3. The summed E-state index contributed by atoms with van der Waals surface area (Å²) in [4.78, 5) is 43.8. The van der Waals surface area contributed by atoms with Crippen molar-refractivity contribution >= 4 is 17.7 Å². The monoisotopic (exact) mass is 415 g/mol. The Kier molecular flexibility index (Phi) is 6.11. The van der Waals surface area contributed by atoms with Crippen LogP contribution in [-0.4, -0.2) is 74.9 Å². The maximum atomic E-state index is 12.9. The van der Waals surface area contributed by atoms with Crippen LogP contribution in [0, 0.1) is 5.92 Å². The molecule has 2 fully saturated rings. The Morgan fingerprint density at radius 2 is 1.53 bits per heavy atom. The molecule has 4 rings (SSSR count). The molecule has 3 amide bonds. The number of likely N-dealkylation sites (tertiary alicyclic amines) is 2. The molecule has 0 bridgehead atoms. The summed E-state index contributed by atoms with van der Waals surface area (Å²) in [6, 6.07) is 0. The first-order valence-electron chi connectivity index (χ1n) is 11.3. The smallest absolute Gasteiger partial charge is 0.274 e. The van der Waals surface area contributed by atoms with Crippen molar-refractivity contribution in [1.82, 2.24) is 24.5 Å². The van der Waals surface area contributed by atoms with Gasteiger partial charge in [-0.1, -0.05) is 6.92 Å². The highest BCUT2D eigenvalue weighted by Gasteiger charge is 2.32. The third-order valence-corrected chi connectivity index (χ3v) is 6.88. The van der Waals surface area contributed by atoms with Crippen molar-refractivity contribution in [1.29, 1.82) is 0 Å². The first-order chi connectivity index (χ1) is 14.4. The van der Waals surface area contributed by atoms with Gasteiger partial charge in [0.25, 0.3) is 5.91 Å². The zero-order valence-corrected chi connectivity index (χ0v) is 18.2. The van der Waals surface area contributed by atoms with E-state index in [1.165, 1.54) is 0 Å². The number of fused-ring (bicyclic) bond motifs is 1. The summed E-state index contributed by atoms with van der Waals surface area (Å²) in [5.74, 6) is 0.727. The third-order valence-electron chi connectivity index (χ3n) is 6.88. The van der Waals surface area contributed by atoms with Crippen LogP contribution in [0.4, 0.5) is 0 Å². The van der Waals surface area contributed by atoms with E-state index in [9.17, 15) is 14.4 Å². The van der Waals surface area contributed by atoms with Crippen LogP contribution in [-0.2, 0) is 29.6 Å². The number of hydrogen-bond donors (Lipinski definition) is 0. The van der Waals surface area contributed by atoms with Crippen molar-refractivity contribution in [2.75, 3.05) is 32.7 Å². The molecule has 0 unspecified atom stereocenters. The SMILES string of the molecule is CC1CCN(C(=O)CCC(=O)N2CCc3c(c(C(=O)N4CCCC4)nn3C)C2)CC1. The van der Waals surface area contributed by atoms with E-state index < -0.39 is 0 Å². The number of carbonyl (C=O) groups excluding carboxylic acids is 3. The average Bonchev–Trinajstić information content (AvgIpc) is 3.40. The molecule has 8 heteroatoms. The molecule has 0 N–H and O–H groups in total. The fraction of sp³-hybridized carbons (Fsp3) is 0.727. The van der Waals surface area contributed by atoms with Gasteiger partial charge in [-0.05, 0) is 31.6 Å². The van der Waals surface area contributed by atoms with Crippen molar-refractivity contribution in [2.24, 2.45) is 13.0 Å². The number of nitrogens with zero attached hydrogens (tertiary/aromatic N) is 5. The minimum atomic E-state index is -0.0202. The zero-order chi connectivity index (χ0) is 21.3. The van der Waals surface area contributed by atoms with Crippen molar-refractivity contribution < 1.29 is 14.4 Å². The Morgan fingerprint density at radius 1 is 0.900 bits per heavy atom. The average molecular weight is 416 g/mol. The minimum absolute atomic E-state index is 0.0113. The first kappa shape index (κ1) is 20.9. The van der Waals surface area contributed by atoms with Crippen LogP contribution in [0.1, 0.15) is 67.2 Å². The van der Waals surface area contributed by atoms with Crippen LogP contribution < -0.4 is 0 Å². The van der Waals surface area contributed by atoms with Gasteiger partial charge in [-0.2, -0.15) is 5.10 Å². The third kappa shape index (κ3) is 4.23. The van der Waals surface area contributed by atoms with Crippen LogP contribution >= 0.6 is 0 Å². The molecule has 0 aromatic carbocycles. The number of hydrogen-bond acceptors (Lipinski definition) is 4. The molecule has 4 heterocycles. The lowest BCUT2D eigenvalue weighted by atomic mass is 9.99. The van der Waals surface area contributed by atoms with E-state index in [1.54, 1.807) is 9.58 Å². The topological polar surface area (TPSA) is 78.8 Å². The number of aryl methyl sites for hydroxylation is 1. The summed E-state index contributed by atoms with van der Waals surface area (Å²) in [6.07, 6.45) is 5.35. The molecule has 164 valence electrons. The lowest BCUT2D eigenvalue weighted by Gasteiger charge is -2.31. The molecule has 0 spiro atoms. The van der Waals surface area contributed by atoms with E-state index in [1.807, 2.05) is 16.8 Å². The van der Waals surface area contributed by atoms with Crippen molar-refractivity contribution in [3.8, 4) is 0 Å². The summed E-state index contributed by atoms with van der Waals surface area (Å²) in [5, 5.41) is 4.50. The summed E-state index contributed by atoms with van der Waals surface area (Å²) >= 11 is 0. The van der Waals surface area contributed by atoms with Gasteiger partial charge in [-0.15, -0.1) is 0 Å². The van der Waals surface area contributed by atoms with Crippen molar-refractivity contribution in [3.63, 3.8) is 0 Å². The molecule has 0 atom stereocenters. The molecule has 8 nitrogen and oxygen atoms in total. The van der Waals surface area contributed by atoms with Crippen LogP contribution in [0.25, 0.3) is 0 Å². The second-order valence-corrected chi connectivity index (χ2v) is 9.03. The van der Waals surface area contributed by atoms with E-state index in [4.69, 9.17) is 0 Å². The quantitative estimate of drug-likeness (QED) is 0.748. The largest absolute Gasteiger partial charge is 0.343 e. The van der Waals surface area contributed by atoms with Crippen molar-refractivity contribution in [3.05, 3.63) is 17.0 Å². The van der Waals surface area contributed by atoms with Gasteiger partial charge in [0.2, 0.25) is 11.8 Å². The molecular formula is C22H33N5O3. The molecule has 3 aliphatic heterocycles. The van der Waals surface area contributed by atoms with Crippen LogP contribution in [0.2, 0.25) is 0 Å². The Morgan fingerprint density at radius 3 is 2.20 bits per heavy atom. The van der Waals surface area contributed by atoms with Crippen molar-refractivity contribution in [2.45, 2.75) is 58.4 Å². The molecule has 0 radical (unpaired) electrons. The molecule has 0 saturated carbocycles. The van der Waals surface area contributed by atoms with E-state index in [2.05, 4.69) is 12.0 Å². The van der Waals surface area contributed by atoms with Gasteiger partial charge >= 0.3 is 0 Å². The Balaban J connectivity index is 1.37. The summed E-state index contributed by atoms with van der Waals surface area (Å²) in [5.41, 5.74) is 2.41. The highest BCUT2D eigenvalue weighted by molar-refractivity contribution is 5.94. The molecule has 0 aliphatic carbocycles. The summed E-state index contributed by atoms with van der Waals surface area (Å²) in [7, 11) is 1.87. The van der Waals surface area contributed by atoms with Gasteiger partial charge in [-0.3, -0.25) is 19.1 Å². The highest BCUT2D eigenvalue weighted by Crippen LogP contribution is 2.25. The lowest BCUT2D eigenvalue weighted by molar-refractivity contribution is -0.138. The molecular weight excluding hydrogens is 382 g/mol. The van der Waals surface area contributed by atoms with E-state index >= 15 is 0 Å². The maximum absolute atomic E-state index is 12.9. The summed E-state index contributed by atoms with van der Waals surface area (Å²) in [6.45, 7) is 6.41. The van der Waals surface area contributed by atoms with Gasteiger partial charge in [0.15, 0.2) is 5.69 Å². The zero-order valence-electron chi connectivity index (χ0n) is 18.2. The molecule has 2 saturated heterocycles. The van der Waals surface area contributed by atoms with E-state index in [0.717, 1.165) is 63.1 Å². The number of carbonyl (C=O) groups is 3. The minimum Gasteiger partial charge on any atom is -0.343 e. The molecule has 3 aliphatic rings. The Bertz CT molecular complexity index is 819. The second kappa shape index (κ2) is 8.78. The summed E-state index contributed by atoms with van der Waals surface area (Å²) < 4.78 is 1.79. The lowest BCUT2D eigenvalue weighted by Crippen LogP contribution is -2.40. The number of piperidine rings is 1. The van der Waals surface area contributed by atoms with E-state index in [0.29, 0.717) is 31.1 Å². The molecule has 1 aromatic rings. The molecule has 1 aromatic heterocycles. The Hall–Kier alpha value is -2.38. The van der Waals surface area contributed by atoms with Gasteiger partial charge in [0.1, 0.15) is 0 Å². The normalized spacial score (nSPS) is 19.9. The fourth-order valence-corrected chi connectivity index (χ4v) is 4.84. The van der Waals surface area contributed by atoms with Gasteiger partial charge in [-0.25, -0.2) is 0 Å². The van der Waals surface area contributed by atoms with Crippen LogP contribution in [0.3, 0.4) is 0 Å². The van der Waals surface area contributed by atoms with Gasteiger partial charge in [0.05, 0.1) is 0 Å². The molecule has 30 heavy (non-hydrogen) atoms. The number of rotatable bonds is 4. The van der Waals surface area contributed by atoms with Crippen LogP contribution in [0.15, 0.2) is 0 Å². The highest BCUT2D eigenvalue weighted by atomic mass is 16.2. The predicted molar refractivity (Wildman–Crippen MR) is 112 cm³/mol. The fourth-order valence-electron chi connectivity index (χ4n) is 4.84. The second-order valence-electron chi connectivity index (χ2n) is 9.03. The van der Waals surface area contributed by atoms with Gasteiger partial charge in [0, 0.05) is 76.8 Å². The van der Waals surface area contributed by atoms with Gasteiger partial charge < -0.3 is 14.7 Å². The number of aromatic nitrogens is 2. The maximum Gasteiger partial charge on any atom is 0.274 e.